The van der Waals surface area contributed by atoms with Crippen LogP contribution < -0.4 is 14.5 Å². The molecule has 1 fully saturated rings. The molecule has 0 saturated carbocycles. The van der Waals surface area contributed by atoms with Crippen LogP contribution in [0.5, 0.6) is 0 Å². The smallest absolute Gasteiger partial charge is 0.261 e. The van der Waals surface area contributed by atoms with E-state index in [1.54, 1.807) is 36.4 Å². The molecule has 7 heteroatoms. The summed E-state index contributed by atoms with van der Waals surface area (Å²) in [5, 5.41) is 0.741. The first-order valence-electron chi connectivity index (χ1n) is 10.2. The van der Waals surface area contributed by atoms with Gasteiger partial charge in [-0.1, -0.05) is 41.4 Å². The van der Waals surface area contributed by atoms with Crippen LogP contribution in [0, 0.1) is 19.9 Å². The Bertz CT molecular complexity index is 1170. The predicted octanol–water partition coefficient (Wildman–Crippen LogP) is 4.88. The predicted molar refractivity (Wildman–Crippen MR) is 128 cm³/mol. The lowest BCUT2D eigenvalue weighted by molar-refractivity contribution is 0.601. The third-order valence-electron chi connectivity index (χ3n) is 5.50. The molecule has 0 bridgehead atoms. The maximum absolute atomic E-state index is 12.7. The van der Waals surface area contributed by atoms with E-state index in [1.807, 2.05) is 31.2 Å². The van der Waals surface area contributed by atoms with Gasteiger partial charge < -0.3 is 9.80 Å². The molecule has 0 atom stereocenters. The van der Waals surface area contributed by atoms with Crippen molar-refractivity contribution >= 4 is 38.7 Å². The fourth-order valence-corrected chi connectivity index (χ4v) is 4.96. The molecule has 1 heterocycles. The van der Waals surface area contributed by atoms with Gasteiger partial charge in [0.05, 0.1) is 10.6 Å². The van der Waals surface area contributed by atoms with Crippen LogP contribution in [-0.4, -0.2) is 34.6 Å². The van der Waals surface area contributed by atoms with Gasteiger partial charge in [0.15, 0.2) is 0 Å². The summed E-state index contributed by atoms with van der Waals surface area (Å²) in [6.07, 6.45) is 0. The SMILES string of the molecule is Cc1ccc(S(=O)(=O)Nc2cc[c]c(N3CCN(c4cc(Cl)ccc4C)CC3)c2)cc1. The number of halogens is 1. The summed E-state index contributed by atoms with van der Waals surface area (Å²) in [4.78, 5) is 4.81. The minimum absolute atomic E-state index is 0.248. The van der Waals surface area contributed by atoms with Gasteiger partial charge in [-0.25, -0.2) is 8.42 Å². The van der Waals surface area contributed by atoms with Gasteiger partial charge in [0.1, 0.15) is 0 Å². The molecule has 1 aliphatic rings. The van der Waals surface area contributed by atoms with Crippen molar-refractivity contribution in [2.75, 3.05) is 40.7 Å². The van der Waals surface area contributed by atoms with Crippen LogP contribution in [0.15, 0.2) is 65.6 Å². The first-order valence-corrected chi connectivity index (χ1v) is 12.1. The van der Waals surface area contributed by atoms with E-state index in [0.717, 1.165) is 48.1 Å². The quantitative estimate of drug-likeness (QED) is 0.596. The molecular weight excluding hydrogens is 430 g/mol. The summed E-state index contributed by atoms with van der Waals surface area (Å²) in [6.45, 7) is 7.36. The number of hydrogen-bond acceptors (Lipinski definition) is 4. The highest BCUT2D eigenvalue weighted by Gasteiger charge is 2.20. The summed E-state index contributed by atoms with van der Waals surface area (Å²) in [5.74, 6) is 0. The van der Waals surface area contributed by atoms with Crippen molar-refractivity contribution < 1.29 is 8.42 Å². The van der Waals surface area contributed by atoms with E-state index in [-0.39, 0.29) is 4.90 Å². The minimum atomic E-state index is -3.63. The molecule has 0 unspecified atom stereocenters. The lowest BCUT2D eigenvalue weighted by Gasteiger charge is -2.38. The molecule has 1 aliphatic heterocycles. The lowest BCUT2D eigenvalue weighted by atomic mass is 10.1. The van der Waals surface area contributed by atoms with Gasteiger partial charge in [-0.2, -0.15) is 0 Å². The summed E-state index contributed by atoms with van der Waals surface area (Å²) in [7, 11) is -3.63. The van der Waals surface area contributed by atoms with Gasteiger partial charge >= 0.3 is 0 Å². The molecule has 1 saturated heterocycles. The third-order valence-corrected chi connectivity index (χ3v) is 7.13. The molecule has 1 radical (unpaired) electrons. The fraction of sp³-hybridized carbons (Fsp3) is 0.250. The number of nitrogens with one attached hydrogen (secondary N) is 1. The second-order valence-electron chi connectivity index (χ2n) is 7.79. The Hall–Kier alpha value is -2.70. The molecule has 3 aromatic rings. The van der Waals surface area contributed by atoms with E-state index in [1.165, 1.54) is 5.56 Å². The molecule has 0 amide bonds. The molecule has 4 rings (SSSR count). The summed E-state index contributed by atoms with van der Waals surface area (Å²) < 4.78 is 28.1. The minimum Gasteiger partial charge on any atom is -0.368 e. The van der Waals surface area contributed by atoms with E-state index in [2.05, 4.69) is 27.5 Å². The molecule has 31 heavy (non-hydrogen) atoms. The summed E-state index contributed by atoms with van der Waals surface area (Å²) >= 11 is 6.18. The number of aryl methyl sites for hydroxylation is 2. The van der Waals surface area contributed by atoms with E-state index in [4.69, 9.17) is 11.6 Å². The highest BCUT2D eigenvalue weighted by Crippen LogP contribution is 2.27. The van der Waals surface area contributed by atoms with Crippen molar-refractivity contribution in [2.45, 2.75) is 18.7 Å². The van der Waals surface area contributed by atoms with E-state index in [0.29, 0.717) is 5.69 Å². The second kappa shape index (κ2) is 8.81. The number of benzene rings is 3. The topological polar surface area (TPSA) is 52.7 Å². The van der Waals surface area contributed by atoms with Crippen LogP contribution in [0.2, 0.25) is 5.02 Å². The normalized spacial score (nSPS) is 14.5. The van der Waals surface area contributed by atoms with Gasteiger partial charge in [-0.15, -0.1) is 0 Å². The zero-order valence-electron chi connectivity index (χ0n) is 17.6. The van der Waals surface area contributed by atoms with E-state index < -0.39 is 10.0 Å². The van der Waals surface area contributed by atoms with Gasteiger partial charge in [0.25, 0.3) is 10.0 Å². The molecule has 3 aromatic carbocycles. The monoisotopic (exact) mass is 454 g/mol. The Morgan fingerprint density at radius 3 is 2.29 bits per heavy atom. The fourth-order valence-electron chi connectivity index (χ4n) is 3.74. The van der Waals surface area contributed by atoms with Crippen LogP contribution in [0.4, 0.5) is 17.1 Å². The van der Waals surface area contributed by atoms with E-state index >= 15 is 0 Å². The van der Waals surface area contributed by atoms with Gasteiger partial charge in [-0.3, -0.25) is 4.72 Å². The molecule has 1 N–H and O–H groups in total. The molecule has 5 nitrogen and oxygen atoms in total. The summed E-state index contributed by atoms with van der Waals surface area (Å²) in [6, 6.07) is 21.3. The standard InChI is InChI=1S/C24H25ClN3O2S/c1-18-6-10-23(11-7-18)31(29,30)26-21-4-3-5-22(17-21)27-12-14-28(15-13-27)24-16-20(25)9-8-19(24)2/h3-4,6-11,16-17,26H,12-15H2,1-2H3. The van der Waals surface area contributed by atoms with Crippen molar-refractivity contribution in [3.63, 3.8) is 0 Å². The van der Waals surface area contributed by atoms with Crippen molar-refractivity contribution in [2.24, 2.45) is 0 Å². The van der Waals surface area contributed by atoms with Gasteiger partial charge in [0, 0.05) is 48.6 Å². The number of rotatable bonds is 5. The number of piperazine rings is 1. The molecular formula is C24H25ClN3O2S. The third kappa shape index (κ3) is 4.97. The van der Waals surface area contributed by atoms with Crippen LogP contribution in [0.3, 0.4) is 0 Å². The number of sulfonamides is 1. The van der Waals surface area contributed by atoms with Crippen LogP contribution in [0.1, 0.15) is 11.1 Å². The Morgan fingerprint density at radius 2 is 1.58 bits per heavy atom. The van der Waals surface area contributed by atoms with Crippen LogP contribution in [-0.2, 0) is 10.0 Å². The maximum atomic E-state index is 12.7. The first-order chi connectivity index (χ1) is 14.8. The molecule has 0 aromatic heterocycles. The molecule has 0 spiro atoms. The average molecular weight is 455 g/mol. The van der Waals surface area contributed by atoms with Gasteiger partial charge in [-0.05, 0) is 55.8 Å². The largest absolute Gasteiger partial charge is 0.368 e. The van der Waals surface area contributed by atoms with E-state index in [9.17, 15) is 8.42 Å². The molecule has 0 aliphatic carbocycles. The Labute approximate surface area is 189 Å². The zero-order chi connectivity index (χ0) is 22.0. The van der Waals surface area contributed by atoms with Crippen molar-refractivity contribution in [1.29, 1.82) is 0 Å². The van der Waals surface area contributed by atoms with Crippen molar-refractivity contribution in [1.82, 2.24) is 0 Å². The Kier molecular flexibility index (Phi) is 6.12. The number of nitrogens with zero attached hydrogens (tertiary/aromatic N) is 2. The lowest BCUT2D eigenvalue weighted by Crippen LogP contribution is -2.46. The Balaban J connectivity index is 1.45. The van der Waals surface area contributed by atoms with Crippen molar-refractivity contribution in [3.05, 3.63) is 82.9 Å². The van der Waals surface area contributed by atoms with Crippen molar-refractivity contribution in [3.8, 4) is 0 Å². The highest BCUT2D eigenvalue weighted by atomic mass is 35.5. The Morgan fingerprint density at radius 1 is 0.903 bits per heavy atom. The van der Waals surface area contributed by atoms with Gasteiger partial charge in [0.2, 0.25) is 0 Å². The van der Waals surface area contributed by atoms with Crippen LogP contribution in [0.25, 0.3) is 0 Å². The highest BCUT2D eigenvalue weighted by molar-refractivity contribution is 7.92. The van der Waals surface area contributed by atoms with Crippen LogP contribution >= 0.6 is 11.6 Å². The number of hydrogen-bond donors (Lipinski definition) is 1. The zero-order valence-corrected chi connectivity index (χ0v) is 19.2. The first kappa shape index (κ1) is 21.5. The maximum Gasteiger partial charge on any atom is 0.261 e. The second-order valence-corrected chi connectivity index (χ2v) is 9.90. The molecule has 161 valence electrons. The average Bonchev–Trinajstić information content (AvgIpc) is 2.76. The number of anilines is 3. The summed E-state index contributed by atoms with van der Waals surface area (Å²) in [5.41, 5.74) is 4.80.